The predicted octanol–water partition coefficient (Wildman–Crippen LogP) is 1.53. The largest absolute Gasteiger partial charge is 0.379 e. The second kappa shape index (κ2) is 3.99. The molecular formula is C12H18N2O. The zero-order valence-electron chi connectivity index (χ0n) is 8.91. The van der Waals surface area contributed by atoms with Crippen molar-refractivity contribution < 1.29 is 4.74 Å². The molecule has 1 saturated heterocycles. The van der Waals surface area contributed by atoms with E-state index in [9.17, 15) is 0 Å². The molecule has 1 aliphatic heterocycles. The van der Waals surface area contributed by atoms with Gasteiger partial charge in [-0.3, -0.25) is 0 Å². The molecule has 0 bridgehead atoms. The van der Waals surface area contributed by atoms with Crippen molar-refractivity contribution in [2.75, 3.05) is 13.2 Å². The van der Waals surface area contributed by atoms with Gasteiger partial charge < -0.3 is 15.0 Å². The Hall–Kier alpha value is -0.800. The highest BCUT2D eigenvalue weighted by atomic mass is 16.5. The van der Waals surface area contributed by atoms with Gasteiger partial charge >= 0.3 is 0 Å². The highest BCUT2D eigenvalue weighted by Crippen LogP contribution is 2.40. The lowest BCUT2D eigenvalue weighted by Crippen LogP contribution is -2.36. The Balaban J connectivity index is 1.53. The molecule has 2 atom stereocenters. The Morgan fingerprint density at radius 2 is 2.33 bits per heavy atom. The van der Waals surface area contributed by atoms with E-state index in [1.807, 2.05) is 12.3 Å². The van der Waals surface area contributed by atoms with Crippen LogP contribution in [-0.4, -0.2) is 24.2 Å². The first kappa shape index (κ1) is 9.43. The van der Waals surface area contributed by atoms with Crippen LogP contribution in [0.15, 0.2) is 18.3 Å². The first-order valence-electron chi connectivity index (χ1n) is 5.87. The SMILES string of the molecule is c1c[nH]c(CNC2COCC2C2CC2)c1. The van der Waals surface area contributed by atoms with Crippen molar-refractivity contribution in [3.05, 3.63) is 24.0 Å². The number of rotatable bonds is 4. The standard InChI is InChI=1S/C12H18N2O/c1-2-10(13-5-1)6-14-12-8-15-7-11(12)9-3-4-9/h1-2,5,9,11-14H,3-4,6-8H2. The summed E-state index contributed by atoms with van der Waals surface area (Å²) in [7, 11) is 0. The van der Waals surface area contributed by atoms with Crippen LogP contribution in [0.25, 0.3) is 0 Å². The van der Waals surface area contributed by atoms with E-state index >= 15 is 0 Å². The van der Waals surface area contributed by atoms with Gasteiger partial charge in [0.1, 0.15) is 0 Å². The quantitative estimate of drug-likeness (QED) is 0.784. The Bertz CT molecular complexity index is 305. The zero-order chi connectivity index (χ0) is 10.1. The fourth-order valence-corrected chi connectivity index (χ4v) is 2.49. The van der Waals surface area contributed by atoms with Crippen molar-refractivity contribution in [1.29, 1.82) is 0 Å². The van der Waals surface area contributed by atoms with Crippen LogP contribution in [0.1, 0.15) is 18.5 Å². The molecule has 0 aromatic carbocycles. The summed E-state index contributed by atoms with van der Waals surface area (Å²) in [4.78, 5) is 3.22. The molecule has 1 aromatic heterocycles. The lowest BCUT2D eigenvalue weighted by Gasteiger charge is -2.18. The van der Waals surface area contributed by atoms with Crippen molar-refractivity contribution in [2.45, 2.75) is 25.4 Å². The van der Waals surface area contributed by atoms with E-state index < -0.39 is 0 Å². The van der Waals surface area contributed by atoms with Crippen LogP contribution >= 0.6 is 0 Å². The zero-order valence-corrected chi connectivity index (χ0v) is 8.91. The highest BCUT2D eigenvalue weighted by Gasteiger charge is 2.39. The van der Waals surface area contributed by atoms with E-state index in [0.29, 0.717) is 6.04 Å². The van der Waals surface area contributed by atoms with E-state index in [4.69, 9.17) is 4.74 Å². The van der Waals surface area contributed by atoms with Gasteiger partial charge in [-0.25, -0.2) is 0 Å². The van der Waals surface area contributed by atoms with Crippen LogP contribution in [-0.2, 0) is 11.3 Å². The maximum atomic E-state index is 5.57. The molecule has 3 nitrogen and oxygen atoms in total. The summed E-state index contributed by atoms with van der Waals surface area (Å²) in [5, 5.41) is 3.60. The molecule has 2 aliphatic rings. The average Bonchev–Trinajstić information content (AvgIpc) is 2.81. The molecule has 2 unspecified atom stereocenters. The molecule has 2 fully saturated rings. The molecule has 0 radical (unpaired) electrons. The molecule has 15 heavy (non-hydrogen) atoms. The van der Waals surface area contributed by atoms with E-state index in [0.717, 1.165) is 31.6 Å². The van der Waals surface area contributed by atoms with Crippen molar-refractivity contribution in [3.8, 4) is 0 Å². The lowest BCUT2D eigenvalue weighted by molar-refractivity contribution is 0.179. The summed E-state index contributed by atoms with van der Waals surface area (Å²) >= 11 is 0. The molecule has 0 amide bonds. The molecular weight excluding hydrogens is 188 g/mol. The third-order valence-corrected chi connectivity index (χ3v) is 3.57. The van der Waals surface area contributed by atoms with Gasteiger partial charge in [0.05, 0.1) is 13.2 Å². The van der Waals surface area contributed by atoms with Gasteiger partial charge in [0.15, 0.2) is 0 Å². The number of aromatic nitrogens is 1. The topological polar surface area (TPSA) is 37.0 Å². The minimum absolute atomic E-state index is 0.570. The summed E-state index contributed by atoms with van der Waals surface area (Å²) in [6, 6.07) is 4.73. The molecule has 2 heterocycles. The van der Waals surface area contributed by atoms with Crippen LogP contribution in [0.3, 0.4) is 0 Å². The Labute approximate surface area is 90.2 Å². The molecule has 3 rings (SSSR count). The summed E-state index contributed by atoms with van der Waals surface area (Å²) in [5.74, 6) is 1.70. The van der Waals surface area contributed by atoms with E-state index in [-0.39, 0.29) is 0 Å². The van der Waals surface area contributed by atoms with Crippen LogP contribution < -0.4 is 5.32 Å². The fourth-order valence-electron chi connectivity index (χ4n) is 2.49. The number of hydrogen-bond donors (Lipinski definition) is 2. The van der Waals surface area contributed by atoms with Gasteiger partial charge in [0, 0.05) is 30.4 Å². The van der Waals surface area contributed by atoms with Crippen molar-refractivity contribution in [3.63, 3.8) is 0 Å². The monoisotopic (exact) mass is 206 g/mol. The van der Waals surface area contributed by atoms with E-state index in [2.05, 4.69) is 16.4 Å². The van der Waals surface area contributed by atoms with Crippen LogP contribution in [0.5, 0.6) is 0 Å². The predicted molar refractivity (Wildman–Crippen MR) is 58.5 cm³/mol. The van der Waals surface area contributed by atoms with Crippen molar-refractivity contribution in [1.82, 2.24) is 10.3 Å². The van der Waals surface area contributed by atoms with Crippen LogP contribution in [0, 0.1) is 11.8 Å². The lowest BCUT2D eigenvalue weighted by atomic mass is 9.98. The Morgan fingerprint density at radius 1 is 1.40 bits per heavy atom. The normalized spacial score (nSPS) is 30.9. The Morgan fingerprint density at radius 3 is 3.07 bits per heavy atom. The molecule has 2 N–H and O–H groups in total. The third kappa shape index (κ3) is 2.08. The van der Waals surface area contributed by atoms with Gasteiger partial charge in [0.2, 0.25) is 0 Å². The van der Waals surface area contributed by atoms with Crippen molar-refractivity contribution >= 4 is 0 Å². The van der Waals surface area contributed by atoms with Gasteiger partial charge in [-0.05, 0) is 30.9 Å². The van der Waals surface area contributed by atoms with Crippen LogP contribution in [0.4, 0.5) is 0 Å². The summed E-state index contributed by atoms with van der Waals surface area (Å²) in [5.41, 5.74) is 1.26. The molecule has 1 saturated carbocycles. The van der Waals surface area contributed by atoms with E-state index in [1.54, 1.807) is 0 Å². The summed E-state index contributed by atoms with van der Waals surface area (Å²) in [6.45, 7) is 2.79. The second-order valence-corrected chi connectivity index (χ2v) is 4.72. The first-order chi connectivity index (χ1) is 7.43. The van der Waals surface area contributed by atoms with Gasteiger partial charge in [0.25, 0.3) is 0 Å². The van der Waals surface area contributed by atoms with Gasteiger partial charge in [-0.15, -0.1) is 0 Å². The number of ether oxygens (including phenoxy) is 1. The summed E-state index contributed by atoms with van der Waals surface area (Å²) < 4.78 is 5.57. The van der Waals surface area contributed by atoms with Gasteiger partial charge in [-0.1, -0.05) is 0 Å². The minimum Gasteiger partial charge on any atom is -0.379 e. The molecule has 3 heteroatoms. The second-order valence-electron chi connectivity index (χ2n) is 4.72. The van der Waals surface area contributed by atoms with E-state index in [1.165, 1.54) is 18.5 Å². The smallest absolute Gasteiger partial charge is 0.0623 e. The average molecular weight is 206 g/mol. The molecule has 1 aliphatic carbocycles. The molecule has 82 valence electrons. The highest BCUT2D eigenvalue weighted by molar-refractivity contribution is 5.04. The molecule has 1 aromatic rings. The number of aromatic amines is 1. The van der Waals surface area contributed by atoms with Crippen LogP contribution in [0.2, 0.25) is 0 Å². The summed E-state index contributed by atoms with van der Waals surface area (Å²) in [6.07, 6.45) is 4.80. The van der Waals surface area contributed by atoms with Gasteiger partial charge in [-0.2, -0.15) is 0 Å². The number of H-pyrrole nitrogens is 1. The number of nitrogens with one attached hydrogen (secondary N) is 2. The third-order valence-electron chi connectivity index (χ3n) is 3.57. The van der Waals surface area contributed by atoms with Crippen molar-refractivity contribution in [2.24, 2.45) is 11.8 Å². The maximum Gasteiger partial charge on any atom is 0.0623 e. The first-order valence-corrected chi connectivity index (χ1v) is 5.87. The molecule has 0 spiro atoms. The maximum absolute atomic E-state index is 5.57. The number of hydrogen-bond acceptors (Lipinski definition) is 2. The minimum atomic E-state index is 0.570. The Kier molecular flexibility index (Phi) is 2.51. The fraction of sp³-hybridized carbons (Fsp3) is 0.667.